The quantitative estimate of drug-likeness (QED) is 0.847. The molecule has 0 aliphatic heterocycles. The minimum absolute atomic E-state index is 0.276. The number of pyridine rings is 1. The van der Waals surface area contributed by atoms with Crippen molar-refractivity contribution in [3.05, 3.63) is 22.9 Å². The van der Waals surface area contributed by atoms with Crippen LogP contribution >= 0.6 is 0 Å². The fourth-order valence-corrected chi connectivity index (χ4v) is 2.64. The molecular formula is C15H25N3O. The number of nitrogens with two attached hydrogens (primary N) is 1. The normalized spacial score (nSPS) is 16.0. The van der Waals surface area contributed by atoms with E-state index < -0.39 is 0 Å². The van der Waals surface area contributed by atoms with Gasteiger partial charge in [0.15, 0.2) is 0 Å². The minimum Gasteiger partial charge on any atom is -0.393 e. The molecule has 0 amide bonds. The SMILES string of the molecule is CC(O)CCN(C)c1nc2c(cc1CN)CCCC2. The Morgan fingerprint density at radius 1 is 1.42 bits per heavy atom. The van der Waals surface area contributed by atoms with Crippen LogP contribution in [0.15, 0.2) is 6.07 Å². The Hall–Kier alpha value is -1.13. The van der Waals surface area contributed by atoms with Gasteiger partial charge in [0.25, 0.3) is 0 Å². The van der Waals surface area contributed by atoms with Crippen molar-refractivity contribution in [2.24, 2.45) is 5.73 Å². The second-order valence-corrected chi connectivity index (χ2v) is 5.55. The molecule has 4 nitrogen and oxygen atoms in total. The number of hydrogen-bond acceptors (Lipinski definition) is 4. The first-order valence-corrected chi connectivity index (χ1v) is 7.22. The first-order chi connectivity index (χ1) is 9.11. The van der Waals surface area contributed by atoms with Gasteiger partial charge in [-0.1, -0.05) is 0 Å². The highest BCUT2D eigenvalue weighted by atomic mass is 16.3. The number of aryl methyl sites for hydroxylation is 2. The third-order valence-electron chi connectivity index (χ3n) is 3.82. The maximum Gasteiger partial charge on any atom is 0.133 e. The Morgan fingerprint density at radius 2 is 2.16 bits per heavy atom. The summed E-state index contributed by atoms with van der Waals surface area (Å²) in [6, 6.07) is 2.23. The number of aromatic nitrogens is 1. The molecule has 0 aromatic carbocycles. The van der Waals surface area contributed by atoms with Gasteiger partial charge in [0, 0.05) is 31.4 Å². The van der Waals surface area contributed by atoms with Gasteiger partial charge in [0.1, 0.15) is 5.82 Å². The van der Waals surface area contributed by atoms with Crippen LogP contribution in [-0.4, -0.2) is 29.8 Å². The van der Waals surface area contributed by atoms with Crippen molar-refractivity contribution in [3.8, 4) is 0 Å². The summed E-state index contributed by atoms with van der Waals surface area (Å²) < 4.78 is 0. The van der Waals surface area contributed by atoms with Gasteiger partial charge in [-0.15, -0.1) is 0 Å². The van der Waals surface area contributed by atoms with Crippen molar-refractivity contribution in [2.75, 3.05) is 18.5 Å². The smallest absolute Gasteiger partial charge is 0.133 e. The molecule has 0 spiro atoms. The van der Waals surface area contributed by atoms with Gasteiger partial charge in [-0.25, -0.2) is 4.98 Å². The molecule has 1 unspecified atom stereocenters. The van der Waals surface area contributed by atoms with Crippen molar-refractivity contribution in [3.63, 3.8) is 0 Å². The Labute approximate surface area is 115 Å². The van der Waals surface area contributed by atoms with Crippen LogP contribution in [0.4, 0.5) is 5.82 Å². The van der Waals surface area contributed by atoms with Gasteiger partial charge >= 0.3 is 0 Å². The van der Waals surface area contributed by atoms with E-state index in [1.54, 1.807) is 0 Å². The number of fused-ring (bicyclic) bond motifs is 1. The lowest BCUT2D eigenvalue weighted by molar-refractivity contribution is 0.187. The molecule has 3 N–H and O–H groups in total. The Morgan fingerprint density at radius 3 is 2.84 bits per heavy atom. The van der Waals surface area contributed by atoms with Crippen LogP contribution in [0.1, 0.15) is 43.0 Å². The van der Waals surface area contributed by atoms with Gasteiger partial charge in [0.2, 0.25) is 0 Å². The molecule has 106 valence electrons. The fourth-order valence-electron chi connectivity index (χ4n) is 2.64. The molecule has 0 bridgehead atoms. The average Bonchev–Trinajstić information content (AvgIpc) is 2.43. The number of aliphatic hydroxyl groups excluding tert-OH is 1. The number of anilines is 1. The lowest BCUT2D eigenvalue weighted by Crippen LogP contribution is -2.25. The zero-order valence-corrected chi connectivity index (χ0v) is 12.0. The zero-order chi connectivity index (χ0) is 13.8. The van der Waals surface area contributed by atoms with Crippen LogP contribution in [0, 0.1) is 0 Å². The van der Waals surface area contributed by atoms with E-state index in [2.05, 4.69) is 11.0 Å². The summed E-state index contributed by atoms with van der Waals surface area (Å²) in [5.41, 5.74) is 9.59. The van der Waals surface area contributed by atoms with E-state index in [-0.39, 0.29) is 6.10 Å². The Kier molecular flexibility index (Phi) is 4.77. The highest BCUT2D eigenvalue weighted by Gasteiger charge is 2.16. The molecule has 1 aliphatic carbocycles. The summed E-state index contributed by atoms with van der Waals surface area (Å²) in [5.74, 6) is 0.990. The van der Waals surface area contributed by atoms with E-state index in [0.717, 1.165) is 37.2 Å². The van der Waals surface area contributed by atoms with Crippen LogP contribution in [0.3, 0.4) is 0 Å². The van der Waals surface area contributed by atoms with Crippen molar-refractivity contribution in [2.45, 2.75) is 51.7 Å². The first-order valence-electron chi connectivity index (χ1n) is 7.22. The highest BCUT2D eigenvalue weighted by Crippen LogP contribution is 2.26. The van der Waals surface area contributed by atoms with Gasteiger partial charge in [-0.05, 0) is 50.7 Å². The molecule has 0 radical (unpaired) electrons. The summed E-state index contributed by atoms with van der Waals surface area (Å²) >= 11 is 0. The average molecular weight is 263 g/mol. The van der Waals surface area contributed by atoms with E-state index in [1.165, 1.54) is 24.1 Å². The van der Waals surface area contributed by atoms with Crippen molar-refractivity contribution in [1.29, 1.82) is 0 Å². The molecule has 1 aromatic rings. The van der Waals surface area contributed by atoms with Crippen molar-refractivity contribution in [1.82, 2.24) is 4.98 Å². The van der Waals surface area contributed by atoms with E-state index in [0.29, 0.717) is 6.54 Å². The standard InChI is InChI=1S/C15H25N3O/c1-11(19)7-8-18(2)15-13(10-16)9-12-5-3-4-6-14(12)17-15/h9,11,19H,3-8,10,16H2,1-2H3. The topological polar surface area (TPSA) is 62.4 Å². The number of hydrogen-bond donors (Lipinski definition) is 2. The van der Waals surface area contributed by atoms with Crippen LogP contribution in [0.25, 0.3) is 0 Å². The van der Waals surface area contributed by atoms with E-state index in [4.69, 9.17) is 10.7 Å². The largest absolute Gasteiger partial charge is 0.393 e. The predicted octanol–water partition coefficient (Wildman–Crippen LogP) is 1.63. The van der Waals surface area contributed by atoms with Crippen LogP contribution < -0.4 is 10.6 Å². The van der Waals surface area contributed by atoms with Gasteiger partial charge in [-0.3, -0.25) is 0 Å². The summed E-state index contributed by atoms with van der Waals surface area (Å²) in [6.07, 6.45) is 5.18. The molecule has 19 heavy (non-hydrogen) atoms. The molecule has 0 saturated heterocycles. The molecule has 2 rings (SSSR count). The van der Waals surface area contributed by atoms with Crippen LogP contribution in [0.2, 0.25) is 0 Å². The van der Waals surface area contributed by atoms with Crippen molar-refractivity contribution < 1.29 is 5.11 Å². The van der Waals surface area contributed by atoms with E-state index in [9.17, 15) is 5.11 Å². The van der Waals surface area contributed by atoms with E-state index >= 15 is 0 Å². The second-order valence-electron chi connectivity index (χ2n) is 5.55. The Balaban J connectivity index is 2.22. The maximum atomic E-state index is 9.39. The second kappa shape index (κ2) is 6.35. The Bertz CT molecular complexity index is 432. The fraction of sp³-hybridized carbons (Fsp3) is 0.667. The molecule has 0 saturated carbocycles. The number of rotatable bonds is 5. The maximum absolute atomic E-state index is 9.39. The van der Waals surface area contributed by atoms with Gasteiger partial charge in [-0.2, -0.15) is 0 Å². The zero-order valence-electron chi connectivity index (χ0n) is 12.0. The third kappa shape index (κ3) is 3.45. The minimum atomic E-state index is -0.276. The molecule has 1 atom stereocenters. The molecule has 1 aliphatic rings. The van der Waals surface area contributed by atoms with Crippen LogP contribution in [0.5, 0.6) is 0 Å². The van der Waals surface area contributed by atoms with E-state index in [1.807, 2.05) is 14.0 Å². The summed E-state index contributed by atoms with van der Waals surface area (Å²) in [7, 11) is 2.03. The molecule has 4 heteroatoms. The summed E-state index contributed by atoms with van der Waals surface area (Å²) in [4.78, 5) is 6.94. The number of nitrogens with zero attached hydrogens (tertiary/aromatic N) is 2. The monoisotopic (exact) mass is 263 g/mol. The molecule has 1 heterocycles. The van der Waals surface area contributed by atoms with Crippen molar-refractivity contribution >= 4 is 5.82 Å². The third-order valence-corrected chi connectivity index (χ3v) is 3.82. The van der Waals surface area contributed by atoms with Gasteiger partial charge < -0.3 is 15.7 Å². The first kappa shape index (κ1) is 14.3. The predicted molar refractivity (Wildman–Crippen MR) is 78.3 cm³/mol. The highest BCUT2D eigenvalue weighted by molar-refractivity contribution is 5.50. The number of aliphatic hydroxyl groups is 1. The lowest BCUT2D eigenvalue weighted by Gasteiger charge is -2.25. The molecule has 0 fully saturated rings. The molecule has 1 aromatic heterocycles. The molecular weight excluding hydrogens is 238 g/mol. The van der Waals surface area contributed by atoms with Gasteiger partial charge in [0.05, 0.1) is 6.10 Å². The summed E-state index contributed by atoms with van der Waals surface area (Å²) in [5, 5.41) is 9.39. The summed E-state index contributed by atoms with van der Waals surface area (Å²) in [6.45, 7) is 3.14. The van der Waals surface area contributed by atoms with Crippen LogP contribution in [-0.2, 0) is 19.4 Å². The lowest BCUT2D eigenvalue weighted by atomic mass is 9.94.